The number of rotatable bonds is 1. The van der Waals surface area contributed by atoms with E-state index in [-0.39, 0.29) is 12.2 Å². The van der Waals surface area contributed by atoms with Gasteiger partial charge in [0.15, 0.2) is 6.10 Å². The number of nitrogens with two attached hydrogens (primary N) is 1. The van der Waals surface area contributed by atoms with E-state index in [1.54, 1.807) is 20.8 Å². The normalized spacial score (nSPS) is 23.2. The zero-order chi connectivity index (χ0) is 12.7. The lowest BCUT2D eigenvalue weighted by molar-refractivity contribution is -0.136. The minimum Gasteiger partial charge on any atom is -0.367 e. The zero-order valence-corrected chi connectivity index (χ0v) is 10.1. The molecule has 6 nitrogen and oxygen atoms in total. The average Bonchev–Trinajstić information content (AvgIpc) is 2.25. The minimum absolute atomic E-state index is 0.130. The topological polar surface area (TPSA) is 87.2 Å². The van der Waals surface area contributed by atoms with Crippen LogP contribution in [-0.2, 0) is 16.1 Å². The van der Waals surface area contributed by atoms with Crippen molar-refractivity contribution in [3.05, 3.63) is 27.4 Å². The molecule has 1 aromatic rings. The molecular weight excluding hydrogens is 222 g/mol. The van der Waals surface area contributed by atoms with Gasteiger partial charge in [0.05, 0.1) is 6.04 Å². The van der Waals surface area contributed by atoms with Gasteiger partial charge in [0.25, 0.3) is 5.56 Å². The molecule has 1 aliphatic rings. The fourth-order valence-corrected chi connectivity index (χ4v) is 2.06. The summed E-state index contributed by atoms with van der Waals surface area (Å²) in [5.41, 5.74) is 6.38. The first-order valence-corrected chi connectivity index (χ1v) is 5.43. The summed E-state index contributed by atoms with van der Waals surface area (Å²) >= 11 is 0. The van der Waals surface area contributed by atoms with Gasteiger partial charge in [0, 0.05) is 11.3 Å². The van der Waals surface area contributed by atoms with Crippen LogP contribution in [-0.4, -0.2) is 21.6 Å². The molecule has 0 spiro atoms. The minimum atomic E-state index is -0.774. The molecule has 0 aliphatic carbocycles. The van der Waals surface area contributed by atoms with E-state index < -0.39 is 18.1 Å². The van der Waals surface area contributed by atoms with E-state index in [1.807, 2.05) is 0 Å². The maximum Gasteiger partial charge on any atom is 0.257 e. The second-order valence-electron chi connectivity index (χ2n) is 4.29. The molecule has 6 heteroatoms. The number of carbonyl (C=O) groups is 1. The number of ether oxygens (including phenoxy) is 1. The van der Waals surface area contributed by atoms with Crippen LogP contribution in [0.2, 0.25) is 0 Å². The Bertz CT molecular complexity index is 535. The molecule has 92 valence electrons. The first kappa shape index (κ1) is 11.8. The van der Waals surface area contributed by atoms with Gasteiger partial charge in [0.1, 0.15) is 12.4 Å². The summed E-state index contributed by atoms with van der Waals surface area (Å²) < 4.78 is 6.83. The number of carbonyl (C=O) groups excluding carboxylic acids is 1. The largest absolute Gasteiger partial charge is 0.367 e. The Morgan fingerprint density at radius 2 is 2.18 bits per heavy atom. The van der Waals surface area contributed by atoms with Crippen LogP contribution >= 0.6 is 0 Å². The molecule has 0 saturated carbocycles. The lowest BCUT2D eigenvalue weighted by Crippen LogP contribution is -2.46. The van der Waals surface area contributed by atoms with Crippen LogP contribution < -0.4 is 11.3 Å². The quantitative estimate of drug-likeness (QED) is 0.733. The number of hydrogen-bond donors (Lipinski definition) is 1. The molecule has 0 saturated heterocycles. The van der Waals surface area contributed by atoms with Crippen molar-refractivity contribution in [3.63, 3.8) is 0 Å². The molecule has 2 heterocycles. The van der Waals surface area contributed by atoms with Gasteiger partial charge in [-0.1, -0.05) is 0 Å². The molecular formula is C11H15N3O3. The third-order valence-electron chi connectivity index (χ3n) is 3.17. The smallest absolute Gasteiger partial charge is 0.257 e. The van der Waals surface area contributed by atoms with Crippen LogP contribution in [0.4, 0.5) is 0 Å². The van der Waals surface area contributed by atoms with E-state index in [0.717, 1.165) is 0 Å². The number of aromatic nitrogens is 2. The van der Waals surface area contributed by atoms with Crippen molar-refractivity contribution in [3.8, 4) is 0 Å². The first-order valence-electron chi connectivity index (χ1n) is 5.43. The van der Waals surface area contributed by atoms with Gasteiger partial charge in [-0.3, -0.25) is 14.2 Å². The van der Waals surface area contributed by atoms with Gasteiger partial charge < -0.3 is 10.5 Å². The molecule has 1 aromatic heterocycles. The summed E-state index contributed by atoms with van der Waals surface area (Å²) in [6.07, 6.45) is -0.774. The number of primary amides is 1. The molecule has 2 N–H and O–H groups in total. The van der Waals surface area contributed by atoms with E-state index in [0.29, 0.717) is 17.1 Å². The predicted molar refractivity (Wildman–Crippen MR) is 60.5 cm³/mol. The van der Waals surface area contributed by atoms with E-state index in [1.165, 1.54) is 4.57 Å². The van der Waals surface area contributed by atoms with Crippen molar-refractivity contribution in [1.82, 2.24) is 9.55 Å². The highest BCUT2D eigenvalue weighted by Gasteiger charge is 2.32. The van der Waals surface area contributed by atoms with E-state index in [4.69, 9.17) is 10.5 Å². The Morgan fingerprint density at radius 3 is 2.76 bits per heavy atom. The lowest BCUT2D eigenvalue weighted by Gasteiger charge is -2.30. The molecule has 0 bridgehead atoms. The molecule has 2 unspecified atom stereocenters. The monoisotopic (exact) mass is 237 g/mol. The number of fused-ring (bicyclic) bond motifs is 1. The number of amides is 1. The summed E-state index contributed by atoms with van der Waals surface area (Å²) in [6.45, 7) is 5.37. The van der Waals surface area contributed by atoms with Gasteiger partial charge in [0.2, 0.25) is 5.91 Å². The third kappa shape index (κ3) is 1.74. The SMILES string of the molecule is Cc1nc2n(c(=O)c1C)C(C)C(C(N)=O)OC2. The maximum atomic E-state index is 12.1. The third-order valence-corrected chi connectivity index (χ3v) is 3.17. The van der Waals surface area contributed by atoms with Gasteiger partial charge in [-0.05, 0) is 20.8 Å². The second kappa shape index (κ2) is 3.96. The maximum absolute atomic E-state index is 12.1. The molecule has 0 radical (unpaired) electrons. The van der Waals surface area contributed by atoms with Crippen LogP contribution in [0.25, 0.3) is 0 Å². The van der Waals surface area contributed by atoms with Gasteiger partial charge in [-0.15, -0.1) is 0 Å². The molecule has 1 amide bonds. The highest BCUT2D eigenvalue weighted by atomic mass is 16.5. The van der Waals surface area contributed by atoms with Crippen molar-refractivity contribution < 1.29 is 9.53 Å². The van der Waals surface area contributed by atoms with Gasteiger partial charge >= 0.3 is 0 Å². The average molecular weight is 237 g/mol. The Hall–Kier alpha value is -1.69. The van der Waals surface area contributed by atoms with Crippen molar-refractivity contribution in [1.29, 1.82) is 0 Å². The molecule has 17 heavy (non-hydrogen) atoms. The standard InChI is InChI=1S/C11H15N3O3/c1-5-6(2)13-8-4-17-9(10(12)15)7(3)14(8)11(5)16/h7,9H,4H2,1-3H3,(H2,12,15). The van der Waals surface area contributed by atoms with Crippen molar-refractivity contribution in [2.75, 3.05) is 0 Å². The Balaban J connectivity index is 2.60. The van der Waals surface area contributed by atoms with Crippen LogP contribution in [0.3, 0.4) is 0 Å². The second-order valence-corrected chi connectivity index (χ2v) is 4.29. The van der Waals surface area contributed by atoms with E-state index in [9.17, 15) is 9.59 Å². The number of nitrogens with zero attached hydrogens (tertiary/aromatic N) is 2. The summed E-state index contributed by atoms with van der Waals surface area (Å²) in [5, 5.41) is 0. The summed E-state index contributed by atoms with van der Waals surface area (Å²) in [7, 11) is 0. The fourth-order valence-electron chi connectivity index (χ4n) is 2.06. The summed E-state index contributed by atoms with van der Waals surface area (Å²) in [5.74, 6) is -0.0172. The highest BCUT2D eigenvalue weighted by molar-refractivity contribution is 5.79. The molecule has 0 fully saturated rings. The van der Waals surface area contributed by atoms with E-state index >= 15 is 0 Å². The Morgan fingerprint density at radius 1 is 1.53 bits per heavy atom. The van der Waals surface area contributed by atoms with Crippen LogP contribution in [0.5, 0.6) is 0 Å². The van der Waals surface area contributed by atoms with Crippen LogP contribution in [0, 0.1) is 13.8 Å². The fraction of sp³-hybridized carbons (Fsp3) is 0.545. The van der Waals surface area contributed by atoms with E-state index in [2.05, 4.69) is 4.98 Å². The zero-order valence-electron chi connectivity index (χ0n) is 10.1. The van der Waals surface area contributed by atoms with Gasteiger partial charge in [-0.25, -0.2) is 4.98 Å². The summed E-state index contributed by atoms with van der Waals surface area (Å²) in [6, 6.07) is -0.421. The first-order chi connectivity index (χ1) is 7.93. The number of hydrogen-bond acceptors (Lipinski definition) is 4. The Kier molecular flexibility index (Phi) is 2.74. The lowest BCUT2D eigenvalue weighted by atomic mass is 10.1. The number of aryl methyl sites for hydroxylation is 1. The predicted octanol–water partition coefficient (Wildman–Crippen LogP) is -0.195. The molecule has 2 atom stereocenters. The Labute approximate surface area is 98.4 Å². The molecule has 1 aliphatic heterocycles. The van der Waals surface area contributed by atoms with Gasteiger partial charge in [-0.2, -0.15) is 0 Å². The molecule has 2 rings (SSSR count). The molecule has 0 aromatic carbocycles. The van der Waals surface area contributed by atoms with Crippen molar-refractivity contribution >= 4 is 5.91 Å². The van der Waals surface area contributed by atoms with Crippen LogP contribution in [0.1, 0.15) is 30.0 Å². The van der Waals surface area contributed by atoms with Crippen molar-refractivity contribution in [2.24, 2.45) is 5.73 Å². The van der Waals surface area contributed by atoms with Crippen molar-refractivity contribution in [2.45, 2.75) is 39.5 Å². The van der Waals surface area contributed by atoms with Crippen LogP contribution in [0.15, 0.2) is 4.79 Å². The highest BCUT2D eigenvalue weighted by Crippen LogP contribution is 2.21. The summed E-state index contributed by atoms with van der Waals surface area (Å²) in [4.78, 5) is 27.6.